The number of ether oxygens (including phenoxy) is 1. The highest BCUT2D eigenvalue weighted by molar-refractivity contribution is 6.31. The maximum Gasteiger partial charge on any atom is 0.379 e. The van der Waals surface area contributed by atoms with Crippen molar-refractivity contribution >= 4 is 17.6 Å². The molecular weight excluding hydrogens is 264 g/mol. The van der Waals surface area contributed by atoms with Gasteiger partial charge in [-0.15, -0.1) is 0 Å². The van der Waals surface area contributed by atoms with Gasteiger partial charge in [0.15, 0.2) is 0 Å². The summed E-state index contributed by atoms with van der Waals surface area (Å²) in [4.78, 5) is 11.9. The summed E-state index contributed by atoms with van der Waals surface area (Å²) in [5.41, 5.74) is 1.77. The fourth-order valence-corrected chi connectivity index (χ4v) is 1.93. The molecule has 0 aliphatic heterocycles. The Morgan fingerprint density at radius 2 is 2.11 bits per heavy atom. The Balaban J connectivity index is 2.34. The minimum Gasteiger partial charge on any atom is -0.457 e. The number of hydrogen-bond acceptors (Lipinski definition) is 3. The third-order valence-corrected chi connectivity index (χ3v) is 3.25. The summed E-state index contributed by atoms with van der Waals surface area (Å²) < 4.78 is 10.4. The zero-order valence-electron chi connectivity index (χ0n) is 11.1. The lowest BCUT2D eigenvalue weighted by molar-refractivity contribution is 0.0699. The Bertz CT molecular complexity index is 586. The molecule has 0 spiro atoms. The Kier molecular flexibility index (Phi) is 3.96. The fraction of sp³-hybridized carbons (Fsp3) is 0.267. The predicted molar refractivity (Wildman–Crippen MR) is 73.9 cm³/mol. The average Bonchev–Trinajstić information content (AvgIpc) is 2.86. The highest BCUT2D eigenvalue weighted by Gasteiger charge is 2.17. The van der Waals surface area contributed by atoms with Gasteiger partial charge in [0.2, 0.25) is 5.76 Å². The smallest absolute Gasteiger partial charge is 0.379 e. The number of benzene rings is 1. The summed E-state index contributed by atoms with van der Waals surface area (Å²) >= 11 is 6.11. The van der Waals surface area contributed by atoms with Crippen LogP contribution >= 0.6 is 11.6 Å². The van der Waals surface area contributed by atoms with Crippen LogP contribution in [-0.4, -0.2) is 5.97 Å². The van der Waals surface area contributed by atoms with E-state index in [4.69, 9.17) is 20.8 Å². The van der Waals surface area contributed by atoms with Crippen LogP contribution in [0.2, 0.25) is 5.02 Å². The second-order valence-electron chi connectivity index (χ2n) is 4.66. The van der Waals surface area contributed by atoms with Gasteiger partial charge in [-0.3, -0.25) is 0 Å². The molecule has 19 heavy (non-hydrogen) atoms. The van der Waals surface area contributed by atoms with Crippen molar-refractivity contribution in [1.82, 2.24) is 0 Å². The first-order chi connectivity index (χ1) is 8.99. The Morgan fingerprint density at radius 1 is 1.37 bits per heavy atom. The Hall–Kier alpha value is -1.74. The molecule has 0 N–H and O–H groups in total. The number of hydrogen-bond donors (Lipinski definition) is 0. The van der Waals surface area contributed by atoms with E-state index in [2.05, 4.69) is 0 Å². The second kappa shape index (κ2) is 5.49. The molecule has 0 unspecified atom stereocenters. The lowest BCUT2D eigenvalue weighted by Gasteiger charge is -2.14. The third kappa shape index (κ3) is 2.99. The van der Waals surface area contributed by atoms with Crippen molar-refractivity contribution < 1.29 is 13.9 Å². The first-order valence-electron chi connectivity index (χ1n) is 6.04. The molecule has 0 aliphatic rings. The molecule has 3 nitrogen and oxygen atoms in total. The van der Waals surface area contributed by atoms with Crippen LogP contribution < -0.4 is 4.74 Å². The van der Waals surface area contributed by atoms with Gasteiger partial charge in [-0.05, 0) is 48.2 Å². The SMILES string of the molecule is Cc1cc(OC(=O)c2ccco2)c(C(C)C)cc1Cl. The lowest BCUT2D eigenvalue weighted by Crippen LogP contribution is -2.09. The maximum atomic E-state index is 11.9. The summed E-state index contributed by atoms with van der Waals surface area (Å²) in [5, 5.41) is 0.668. The molecule has 4 heteroatoms. The number of aryl methyl sites for hydroxylation is 1. The van der Waals surface area contributed by atoms with Crippen LogP contribution in [0.15, 0.2) is 34.9 Å². The topological polar surface area (TPSA) is 39.4 Å². The van der Waals surface area contributed by atoms with Crippen molar-refractivity contribution in [2.75, 3.05) is 0 Å². The van der Waals surface area contributed by atoms with Gasteiger partial charge in [0.05, 0.1) is 6.26 Å². The second-order valence-corrected chi connectivity index (χ2v) is 5.07. The summed E-state index contributed by atoms with van der Waals surface area (Å²) in [6.45, 7) is 5.91. The van der Waals surface area contributed by atoms with E-state index in [1.807, 2.05) is 26.8 Å². The van der Waals surface area contributed by atoms with Gasteiger partial charge in [-0.25, -0.2) is 4.79 Å². The highest BCUT2D eigenvalue weighted by atomic mass is 35.5. The van der Waals surface area contributed by atoms with E-state index < -0.39 is 5.97 Å². The highest BCUT2D eigenvalue weighted by Crippen LogP contribution is 2.32. The van der Waals surface area contributed by atoms with Gasteiger partial charge in [-0.1, -0.05) is 25.4 Å². The van der Waals surface area contributed by atoms with Crippen LogP contribution in [0.1, 0.15) is 41.4 Å². The molecule has 0 radical (unpaired) electrons. The minimum atomic E-state index is -0.506. The largest absolute Gasteiger partial charge is 0.457 e. The monoisotopic (exact) mass is 278 g/mol. The molecule has 1 aromatic carbocycles. The molecule has 0 atom stereocenters. The van der Waals surface area contributed by atoms with E-state index in [1.54, 1.807) is 18.2 Å². The summed E-state index contributed by atoms with van der Waals surface area (Å²) in [5.74, 6) is 0.409. The molecule has 2 aromatic rings. The van der Waals surface area contributed by atoms with E-state index in [0.717, 1.165) is 11.1 Å². The molecule has 0 amide bonds. The standard InChI is InChI=1S/C15H15ClO3/c1-9(2)11-8-12(16)10(3)7-14(11)19-15(17)13-5-4-6-18-13/h4-9H,1-3H3. The van der Waals surface area contributed by atoms with Crippen LogP contribution in [0.25, 0.3) is 0 Å². The van der Waals surface area contributed by atoms with Gasteiger partial charge in [-0.2, -0.15) is 0 Å². The third-order valence-electron chi connectivity index (χ3n) is 2.84. The van der Waals surface area contributed by atoms with Gasteiger partial charge in [0.1, 0.15) is 5.75 Å². The molecule has 0 saturated carbocycles. The normalized spacial score (nSPS) is 10.8. The number of rotatable bonds is 3. The zero-order chi connectivity index (χ0) is 14.0. The molecular formula is C15H15ClO3. The first-order valence-corrected chi connectivity index (χ1v) is 6.42. The van der Waals surface area contributed by atoms with Crippen LogP contribution in [0.4, 0.5) is 0 Å². The van der Waals surface area contributed by atoms with Crippen LogP contribution in [0.3, 0.4) is 0 Å². The molecule has 1 heterocycles. The van der Waals surface area contributed by atoms with Crippen LogP contribution in [0.5, 0.6) is 5.75 Å². The van der Waals surface area contributed by atoms with Gasteiger partial charge in [0.25, 0.3) is 0 Å². The maximum absolute atomic E-state index is 11.9. The minimum absolute atomic E-state index is 0.183. The predicted octanol–water partition coefficient (Wildman–Crippen LogP) is 4.58. The molecule has 100 valence electrons. The lowest BCUT2D eigenvalue weighted by atomic mass is 10.0. The molecule has 1 aromatic heterocycles. The van der Waals surface area contributed by atoms with E-state index >= 15 is 0 Å². The van der Waals surface area contributed by atoms with Crippen LogP contribution in [0, 0.1) is 6.92 Å². The summed E-state index contributed by atoms with van der Waals surface area (Å²) in [6.07, 6.45) is 1.44. The number of esters is 1. The van der Waals surface area contributed by atoms with Crippen molar-refractivity contribution in [2.45, 2.75) is 26.7 Å². The van der Waals surface area contributed by atoms with Crippen molar-refractivity contribution in [1.29, 1.82) is 0 Å². The quantitative estimate of drug-likeness (QED) is 0.609. The number of furan rings is 1. The Morgan fingerprint density at radius 3 is 2.68 bits per heavy atom. The van der Waals surface area contributed by atoms with Gasteiger partial charge < -0.3 is 9.15 Å². The fourth-order valence-electron chi connectivity index (χ4n) is 1.75. The van der Waals surface area contributed by atoms with Crippen molar-refractivity contribution in [3.05, 3.63) is 52.4 Å². The van der Waals surface area contributed by atoms with Gasteiger partial charge in [0, 0.05) is 5.02 Å². The zero-order valence-corrected chi connectivity index (χ0v) is 11.8. The van der Waals surface area contributed by atoms with E-state index in [9.17, 15) is 4.79 Å². The Labute approximate surface area is 117 Å². The van der Waals surface area contributed by atoms with Crippen molar-refractivity contribution in [2.24, 2.45) is 0 Å². The molecule has 0 aliphatic carbocycles. The summed E-state index contributed by atoms with van der Waals surface area (Å²) in [7, 11) is 0. The van der Waals surface area contributed by atoms with E-state index in [0.29, 0.717) is 10.8 Å². The van der Waals surface area contributed by atoms with E-state index in [1.165, 1.54) is 6.26 Å². The molecule has 0 bridgehead atoms. The van der Waals surface area contributed by atoms with Crippen LogP contribution in [-0.2, 0) is 0 Å². The molecule has 2 rings (SSSR count). The average molecular weight is 279 g/mol. The van der Waals surface area contributed by atoms with Gasteiger partial charge >= 0.3 is 5.97 Å². The van der Waals surface area contributed by atoms with Crippen molar-refractivity contribution in [3.63, 3.8) is 0 Å². The first kappa shape index (κ1) is 13.7. The molecule has 0 saturated heterocycles. The van der Waals surface area contributed by atoms with Crippen molar-refractivity contribution in [3.8, 4) is 5.75 Å². The number of carbonyl (C=O) groups is 1. The number of halogens is 1. The summed E-state index contributed by atoms with van der Waals surface area (Å²) in [6, 6.07) is 6.83. The number of carbonyl (C=O) groups excluding carboxylic acids is 1. The molecule has 0 fully saturated rings. The van der Waals surface area contributed by atoms with E-state index in [-0.39, 0.29) is 11.7 Å².